The second-order valence-corrected chi connectivity index (χ2v) is 4.04. The van der Waals surface area contributed by atoms with Crippen molar-refractivity contribution in [3.63, 3.8) is 0 Å². The topological polar surface area (TPSA) is 39.9 Å². The molecule has 2 rings (SSSR count). The van der Waals surface area contributed by atoms with E-state index >= 15 is 0 Å². The van der Waals surface area contributed by atoms with Gasteiger partial charge < -0.3 is 15.6 Å². The normalized spacial score (nSPS) is 22.4. The van der Waals surface area contributed by atoms with Crippen LogP contribution in [-0.2, 0) is 6.54 Å². The summed E-state index contributed by atoms with van der Waals surface area (Å²) in [5.41, 5.74) is 1.27. The average Bonchev–Trinajstić information content (AvgIpc) is 2.72. The van der Waals surface area contributed by atoms with Gasteiger partial charge in [0.05, 0.1) is 0 Å². The van der Waals surface area contributed by atoms with Crippen LogP contribution in [0.3, 0.4) is 0 Å². The third-order valence-corrected chi connectivity index (χ3v) is 2.81. The SMILES string of the molecule is c1c[nH]c(CNCC2CCCNC2)c1. The van der Waals surface area contributed by atoms with Gasteiger partial charge >= 0.3 is 0 Å². The molecule has 1 saturated heterocycles. The van der Waals surface area contributed by atoms with Crippen LogP contribution in [0.25, 0.3) is 0 Å². The molecule has 0 radical (unpaired) electrons. The van der Waals surface area contributed by atoms with Crippen LogP contribution in [0.2, 0.25) is 0 Å². The van der Waals surface area contributed by atoms with Crippen LogP contribution < -0.4 is 10.6 Å². The van der Waals surface area contributed by atoms with Gasteiger partial charge in [-0.05, 0) is 50.5 Å². The fourth-order valence-electron chi connectivity index (χ4n) is 1.99. The van der Waals surface area contributed by atoms with Crippen LogP contribution in [0.1, 0.15) is 18.5 Å². The number of H-pyrrole nitrogens is 1. The molecule has 1 atom stereocenters. The molecule has 1 aliphatic rings. The van der Waals surface area contributed by atoms with E-state index in [1.165, 1.54) is 31.6 Å². The van der Waals surface area contributed by atoms with Crippen LogP contribution >= 0.6 is 0 Å². The highest BCUT2D eigenvalue weighted by molar-refractivity contribution is 5.02. The Labute approximate surface area is 85.3 Å². The predicted octanol–water partition coefficient (Wildman–Crippen LogP) is 1.10. The Morgan fingerprint density at radius 3 is 3.21 bits per heavy atom. The van der Waals surface area contributed by atoms with Gasteiger partial charge in [0.2, 0.25) is 0 Å². The number of aromatic amines is 1. The zero-order valence-corrected chi connectivity index (χ0v) is 8.55. The van der Waals surface area contributed by atoms with Gasteiger partial charge in [-0.2, -0.15) is 0 Å². The van der Waals surface area contributed by atoms with Crippen molar-refractivity contribution in [1.82, 2.24) is 15.6 Å². The van der Waals surface area contributed by atoms with Crippen molar-refractivity contribution in [2.24, 2.45) is 5.92 Å². The average molecular weight is 193 g/mol. The molecule has 2 heterocycles. The minimum absolute atomic E-state index is 0.818. The lowest BCUT2D eigenvalue weighted by Gasteiger charge is -2.22. The Bertz CT molecular complexity index is 237. The summed E-state index contributed by atoms with van der Waals surface area (Å²) in [5.74, 6) is 0.818. The summed E-state index contributed by atoms with van der Waals surface area (Å²) in [4.78, 5) is 3.20. The van der Waals surface area contributed by atoms with Crippen LogP contribution in [0.15, 0.2) is 18.3 Å². The minimum Gasteiger partial charge on any atom is -0.364 e. The fourth-order valence-corrected chi connectivity index (χ4v) is 1.99. The zero-order valence-electron chi connectivity index (χ0n) is 8.55. The molecule has 0 spiro atoms. The molecule has 3 nitrogen and oxygen atoms in total. The van der Waals surface area contributed by atoms with E-state index in [0.29, 0.717) is 0 Å². The monoisotopic (exact) mass is 193 g/mol. The first-order valence-corrected chi connectivity index (χ1v) is 5.49. The Balaban J connectivity index is 1.62. The number of piperidine rings is 1. The lowest BCUT2D eigenvalue weighted by molar-refractivity contribution is 0.359. The molecule has 1 aliphatic heterocycles. The molecule has 14 heavy (non-hydrogen) atoms. The largest absolute Gasteiger partial charge is 0.364 e. The van der Waals surface area contributed by atoms with Gasteiger partial charge in [0.1, 0.15) is 0 Å². The van der Waals surface area contributed by atoms with Gasteiger partial charge in [0, 0.05) is 18.4 Å². The van der Waals surface area contributed by atoms with E-state index in [0.717, 1.165) is 19.0 Å². The molecule has 3 N–H and O–H groups in total. The van der Waals surface area contributed by atoms with E-state index in [2.05, 4.69) is 21.7 Å². The quantitative estimate of drug-likeness (QED) is 0.670. The summed E-state index contributed by atoms with van der Waals surface area (Å²) >= 11 is 0. The second kappa shape index (κ2) is 5.17. The van der Waals surface area contributed by atoms with Crippen molar-refractivity contribution in [1.29, 1.82) is 0 Å². The zero-order chi connectivity index (χ0) is 9.64. The molecule has 1 aromatic heterocycles. The molecular formula is C11H19N3. The molecule has 0 aliphatic carbocycles. The van der Waals surface area contributed by atoms with Gasteiger partial charge in [-0.25, -0.2) is 0 Å². The highest BCUT2D eigenvalue weighted by Gasteiger charge is 2.11. The molecule has 3 heteroatoms. The van der Waals surface area contributed by atoms with Crippen molar-refractivity contribution in [3.05, 3.63) is 24.0 Å². The third kappa shape index (κ3) is 2.86. The lowest BCUT2D eigenvalue weighted by Crippen LogP contribution is -2.35. The first-order chi connectivity index (χ1) is 6.95. The standard InChI is InChI=1S/C11H19N3/c1-3-10(7-12-5-1)8-13-9-11-4-2-6-14-11/h2,4,6,10,12-14H,1,3,5,7-9H2. The summed E-state index contributed by atoms with van der Waals surface area (Å²) < 4.78 is 0. The van der Waals surface area contributed by atoms with E-state index in [4.69, 9.17) is 0 Å². The highest BCUT2D eigenvalue weighted by Crippen LogP contribution is 2.08. The van der Waals surface area contributed by atoms with E-state index in [1.54, 1.807) is 0 Å². The summed E-state index contributed by atoms with van der Waals surface area (Å²) in [5, 5.41) is 6.92. The summed E-state index contributed by atoms with van der Waals surface area (Å²) in [6.45, 7) is 4.47. The smallest absolute Gasteiger partial charge is 0.0357 e. The minimum atomic E-state index is 0.818. The van der Waals surface area contributed by atoms with E-state index in [1.807, 2.05) is 12.3 Å². The van der Waals surface area contributed by atoms with Crippen molar-refractivity contribution in [2.45, 2.75) is 19.4 Å². The predicted molar refractivity (Wildman–Crippen MR) is 58.1 cm³/mol. The number of hydrogen-bond acceptors (Lipinski definition) is 2. The van der Waals surface area contributed by atoms with Crippen molar-refractivity contribution >= 4 is 0 Å². The van der Waals surface area contributed by atoms with Crippen LogP contribution in [0.4, 0.5) is 0 Å². The Morgan fingerprint density at radius 2 is 2.50 bits per heavy atom. The van der Waals surface area contributed by atoms with E-state index < -0.39 is 0 Å². The van der Waals surface area contributed by atoms with Crippen LogP contribution in [0.5, 0.6) is 0 Å². The van der Waals surface area contributed by atoms with Gasteiger partial charge in [0.25, 0.3) is 0 Å². The fraction of sp³-hybridized carbons (Fsp3) is 0.636. The number of hydrogen-bond donors (Lipinski definition) is 3. The molecule has 1 aromatic rings. The maximum Gasteiger partial charge on any atom is 0.0357 e. The van der Waals surface area contributed by atoms with E-state index in [9.17, 15) is 0 Å². The Kier molecular flexibility index (Phi) is 3.60. The molecule has 0 saturated carbocycles. The Hall–Kier alpha value is -0.800. The summed E-state index contributed by atoms with van der Waals surface area (Å²) in [7, 11) is 0. The third-order valence-electron chi connectivity index (χ3n) is 2.81. The maximum atomic E-state index is 3.49. The molecule has 1 fully saturated rings. The van der Waals surface area contributed by atoms with Crippen LogP contribution in [-0.4, -0.2) is 24.6 Å². The number of aromatic nitrogens is 1. The number of rotatable bonds is 4. The number of nitrogens with one attached hydrogen (secondary N) is 3. The summed E-state index contributed by atoms with van der Waals surface area (Å²) in [6.07, 6.45) is 4.67. The highest BCUT2D eigenvalue weighted by atomic mass is 14.9. The van der Waals surface area contributed by atoms with Gasteiger partial charge in [-0.15, -0.1) is 0 Å². The molecular weight excluding hydrogens is 174 g/mol. The first kappa shape index (κ1) is 9.74. The van der Waals surface area contributed by atoms with Gasteiger partial charge in [-0.1, -0.05) is 0 Å². The second-order valence-electron chi connectivity index (χ2n) is 4.04. The Morgan fingerprint density at radius 1 is 1.50 bits per heavy atom. The molecule has 0 aromatic carbocycles. The molecule has 78 valence electrons. The van der Waals surface area contributed by atoms with Crippen molar-refractivity contribution < 1.29 is 0 Å². The van der Waals surface area contributed by atoms with Crippen LogP contribution in [0, 0.1) is 5.92 Å². The van der Waals surface area contributed by atoms with Gasteiger partial charge in [0.15, 0.2) is 0 Å². The molecule has 1 unspecified atom stereocenters. The summed E-state index contributed by atoms with van der Waals surface area (Å²) in [6, 6.07) is 4.16. The lowest BCUT2D eigenvalue weighted by atomic mass is 10.00. The van der Waals surface area contributed by atoms with Crippen molar-refractivity contribution in [3.8, 4) is 0 Å². The van der Waals surface area contributed by atoms with Crippen molar-refractivity contribution in [2.75, 3.05) is 19.6 Å². The first-order valence-electron chi connectivity index (χ1n) is 5.49. The van der Waals surface area contributed by atoms with E-state index in [-0.39, 0.29) is 0 Å². The molecule has 0 amide bonds. The molecule has 0 bridgehead atoms. The maximum absolute atomic E-state index is 3.49. The van der Waals surface area contributed by atoms with Gasteiger partial charge in [-0.3, -0.25) is 0 Å².